The highest BCUT2D eigenvalue weighted by atomic mass is 35.5. The molecule has 5 heteroatoms. The number of halogens is 1. The van der Waals surface area contributed by atoms with Crippen LogP contribution in [0.25, 0.3) is 0 Å². The number of aromatic nitrogens is 1. The maximum atomic E-state index is 8.69. The van der Waals surface area contributed by atoms with Crippen molar-refractivity contribution < 1.29 is 5.11 Å². The summed E-state index contributed by atoms with van der Waals surface area (Å²) in [6, 6.07) is 1.89. The second-order valence-corrected chi connectivity index (χ2v) is 3.92. The molecule has 0 radical (unpaired) electrons. The lowest BCUT2D eigenvalue weighted by atomic mass is 10.2. The Balaban J connectivity index is 2.56. The van der Waals surface area contributed by atoms with E-state index in [0.717, 1.165) is 12.8 Å². The largest absolute Gasteiger partial charge is 0.397 e. The maximum absolute atomic E-state index is 8.69. The van der Waals surface area contributed by atoms with Crippen molar-refractivity contribution in [1.82, 2.24) is 4.98 Å². The van der Waals surface area contributed by atoms with E-state index in [-0.39, 0.29) is 12.6 Å². The van der Waals surface area contributed by atoms with E-state index in [0.29, 0.717) is 16.5 Å². The Morgan fingerprint density at radius 2 is 2.40 bits per heavy atom. The molecule has 4 nitrogen and oxygen atoms in total. The molecule has 0 amide bonds. The predicted molar refractivity (Wildman–Crippen MR) is 63.1 cm³/mol. The standard InChI is InChI=1S/C10H16ClN3O/c1-7(3-2-4-15)14-10-9(11)5-8(12)6-13-10/h5-7,15H,2-4,12H2,1H3,(H,13,14). The van der Waals surface area contributed by atoms with Crippen molar-refractivity contribution in [2.24, 2.45) is 0 Å². The van der Waals surface area contributed by atoms with Crippen LogP contribution < -0.4 is 11.1 Å². The average Bonchev–Trinajstić information content (AvgIpc) is 2.19. The van der Waals surface area contributed by atoms with Crippen LogP contribution in [0.1, 0.15) is 19.8 Å². The lowest BCUT2D eigenvalue weighted by Crippen LogP contribution is -2.16. The van der Waals surface area contributed by atoms with Gasteiger partial charge in [-0.05, 0) is 25.8 Å². The van der Waals surface area contributed by atoms with Crippen LogP contribution in [-0.2, 0) is 0 Å². The van der Waals surface area contributed by atoms with Crippen LogP contribution in [0.15, 0.2) is 12.3 Å². The van der Waals surface area contributed by atoms with E-state index in [1.807, 2.05) is 6.92 Å². The molecule has 0 saturated carbocycles. The van der Waals surface area contributed by atoms with Crippen LogP contribution in [0.3, 0.4) is 0 Å². The number of aliphatic hydroxyl groups excluding tert-OH is 1. The van der Waals surface area contributed by atoms with Gasteiger partial charge in [0, 0.05) is 12.6 Å². The van der Waals surface area contributed by atoms with Gasteiger partial charge in [0.1, 0.15) is 5.82 Å². The number of nitrogens with one attached hydrogen (secondary N) is 1. The van der Waals surface area contributed by atoms with E-state index in [1.165, 1.54) is 0 Å². The first kappa shape index (κ1) is 12.1. The number of hydrogen-bond donors (Lipinski definition) is 3. The number of pyridine rings is 1. The maximum Gasteiger partial charge on any atom is 0.145 e. The first-order chi connectivity index (χ1) is 7.13. The molecular weight excluding hydrogens is 214 g/mol. The van der Waals surface area contributed by atoms with Gasteiger partial charge in [-0.15, -0.1) is 0 Å². The number of aliphatic hydroxyl groups is 1. The van der Waals surface area contributed by atoms with Gasteiger partial charge in [0.05, 0.1) is 16.9 Å². The minimum Gasteiger partial charge on any atom is -0.397 e. The summed E-state index contributed by atoms with van der Waals surface area (Å²) in [4.78, 5) is 4.10. The van der Waals surface area contributed by atoms with Crippen molar-refractivity contribution in [1.29, 1.82) is 0 Å². The Morgan fingerprint density at radius 1 is 1.67 bits per heavy atom. The number of rotatable bonds is 5. The number of anilines is 2. The van der Waals surface area contributed by atoms with Gasteiger partial charge in [-0.1, -0.05) is 11.6 Å². The third kappa shape index (κ3) is 3.93. The van der Waals surface area contributed by atoms with E-state index in [1.54, 1.807) is 12.3 Å². The number of nitrogens with two attached hydrogens (primary N) is 1. The van der Waals surface area contributed by atoms with E-state index < -0.39 is 0 Å². The number of hydrogen-bond acceptors (Lipinski definition) is 4. The number of nitrogens with zero attached hydrogens (tertiary/aromatic N) is 1. The molecule has 1 unspecified atom stereocenters. The Bertz CT molecular complexity index is 320. The minimum absolute atomic E-state index is 0.203. The molecule has 1 heterocycles. The molecule has 1 rings (SSSR count). The lowest BCUT2D eigenvalue weighted by molar-refractivity contribution is 0.282. The molecule has 0 aliphatic heterocycles. The van der Waals surface area contributed by atoms with E-state index >= 15 is 0 Å². The SMILES string of the molecule is CC(CCCO)Nc1ncc(N)cc1Cl. The van der Waals surface area contributed by atoms with Crippen LogP contribution >= 0.6 is 11.6 Å². The topological polar surface area (TPSA) is 71.2 Å². The lowest BCUT2D eigenvalue weighted by Gasteiger charge is -2.14. The smallest absolute Gasteiger partial charge is 0.145 e. The quantitative estimate of drug-likeness (QED) is 0.721. The predicted octanol–water partition coefficient (Wildman–Crippen LogP) is 1.89. The summed E-state index contributed by atoms with van der Waals surface area (Å²) in [6.07, 6.45) is 3.20. The zero-order valence-electron chi connectivity index (χ0n) is 8.70. The summed E-state index contributed by atoms with van der Waals surface area (Å²) < 4.78 is 0. The summed E-state index contributed by atoms with van der Waals surface area (Å²) in [5.41, 5.74) is 6.08. The molecule has 84 valence electrons. The van der Waals surface area contributed by atoms with Gasteiger partial charge in [-0.3, -0.25) is 0 Å². The molecule has 4 N–H and O–H groups in total. The molecule has 0 saturated heterocycles. The minimum atomic E-state index is 0.203. The first-order valence-electron chi connectivity index (χ1n) is 4.92. The van der Waals surface area contributed by atoms with Crippen LogP contribution in [0, 0.1) is 0 Å². The Kier molecular flexibility index (Phi) is 4.65. The van der Waals surface area contributed by atoms with Crippen molar-refractivity contribution in [3.05, 3.63) is 17.3 Å². The Labute approximate surface area is 94.5 Å². The molecule has 0 aliphatic carbocycles. The van der Waals surface area contributed by atoms with Crippen molar-refractivity contribution in [2.75, 3.05) is 17.7 Å². The van der Waals surface area contributed by atoms with Gasteiger partial charge >= 0.3 is 0 Å². The molecular formula is C10H16ClN3O. The molecule has 0 spiro atoms. The molecule has 0 aromatic carbocycles. The highest BCUT2D eigenvalue weighted by Gasteiger charge is 2.06. The fraction of sp³-hybridized carbons (Fsp3) is 0.500. The fourth-order valence-corrected chi connectivity index (χ4v) is 1.49. The zero-order chi connectivity index (χ0) is 11.3. The summed E-state index contributed by atoms with van der Waals surface area (Å²) in [7, 11) is 0. The Morgan fingerprint density at radius 3 is 3.00 bits per heavy atom. The summed E-state index contributed by atoms with van der Waals surface area (Å²) >= 11 is 5.95. The van der Waals surface area contributed by atoms with Crippen LogP contribution in [-0.4, -0.2) is 22.7 Å². The first-order valence-corrected chi connectivity index (χ1v) is 5.29. The summed E-state index contributed by atoms with van der Waals surface area (Å²) in [6.45, 7) is 2.22. The van der Waals surface area contributed by atoms with Crippen LogP contribution in [0.4, 0.5) is 11.5 Å². The van der Waals surface area contributed by atoms with Gasteiger partial charge in [-0.25, -0.2) is 4.98 Å². The van der Waals surface area contributed by atoms with E-state index in [2.05, 4.69) is 10.3 Å². The third-order valence-electron chi connectivity index (χ3n) is 2.04. The van der Waals surface area contributed by atoms with Crippen molar-refractivity contribution in [2.45, 2.75) is 25.8 Å². The molecule has 0 fully saturated rings. The van der Waals surface area contributed by atoms with Gasteiger partial charge < -0.3 is 16.2 Å². The monoisotopic (exact) mass is 229 g/mol. The van der Waals surface area contributed by atoms with E-state index in [4.69, 9.17) is 22.4 Å². The van der Waals surface area contributed by atoms with Gasteiger partial charge in [0.25, 0.3) is 0 Å². The van der Waals surface area contributed by atoms with Gasteiger partial charge in [0.15, 0.2) is 0 Å². The van der Waals surface area contributed by atoms with E-state index in [9.17, 15) is 0 Å². The third-order valence-corrected chi connectivity index (χ3v) is 2.33. The normalized spacial score (nSPS) is 12.5. The zero-order valence-corrected chi connectivity index (χ0v) is 9.46. The molecule has 0 bridgehead atoms. The molecule has 15 heavy (non-hydrogen) atoms. The molecule has 1 aromatic heterocycles. The molecule has 0 aliphatic rings. The highest BCUT2D eigenvalue weighted by molar-refractivity contribution is 6.33. The summed E-state index contributed by atoms with van der Waals surface area (Å²) in [5.74, 6) is 0.635. The van der Waals surface area contributed by atoms with Crippen molar-refractivity contribution >= 4 is 23.1 Å². The summed E-state index contributed by atoms with van der Waals surface area (Å²) in [5, 5.41) is 12.4. The Hall–Kier alpha value is -1.00. The second kappa shape index (κ2) is 5.78. The highest BCUT2D eigenvalue weighted by Crippen LogP contribution is 2.22. The van der Waals surface area contributed by atoms with Crippen LogP contribution in [0.2, 0.25) is 5.02 Å². The van der Waals surface area contributed by atoms with Gasteiger partial charge in [0.2, 0.25) is 0 Å². The second-order valence-electron chi connectivity index (χ2n) is 3.51. The average molecular weight is 230 g/mol. The number of nitrogen functional groups attached to an aromatic ring is 1. The van der Waals surface area contributed by atoms with Crippen LogP contribution in [0.5, 0.6) is 0 Å². The molecule has 1 atom stereocenters. The van der Waals surface area contributed by atoms with Gasteiger partial charge in [-0.2, -0.15) is 0 Å². The van der Waals surface area contributed by atoms with Crippen molar-refractivity contribution in [3.8, 4) is 0 Å². The van der Waals surface area contributed by atoms with Crippen molar-refractivity contribution in [3.63, 3.8) is 0 Å². The fourth-order valence-electron chi connectivity index (χ4n) is 1.26. The molecule has 1 aromatic rings.